The fourth-order valence-corrected chi connectivity index (χ4v) is 3.00. The van der Waals surface area contributed by atoms with Crippen molar-refractivity contribution in [3.05, 3.63) is 40.2 Å². The van der Waals surface area contributed by atoms with Gasteiger partial charge in [-0.3, -0.25) is 0 Å². The molecule has 4 heteroatoms. The van der Waals surface area contributed by atoms with Crippen LogP contribution in [0.4, 0.5) is 0 Å². The topological polar surface area (TPSA) is 37.3 Å². The molecule has 0 spiro atoms. The van der Waals surface area contributed by atoms with Crippen molar-refractivity contribution in [1.82, 2.24) is 0 Å². The molecule has 1 aromatic carbocycles. The third-order valence-corrected chi connectivity index (χ3v) is 4.61. The van der Waals surface area contributed by atoms with Gasteiger partial charge >= 0.3 is 0 Å². The zero-order valence-electron chi connectivity index (χ0n) is 9.80. The molecule has 0 amide bonds. The first-order chi connectivity index (χ1) is 8.15. The molecular weight excluding hydrogens is 300 g/mol. The maximum Gasteiger partial charge on any atom is 0.0860 e. The first-order valence-electron chi connectivity index (χ1n) is 5.66. The summed E-state index contributed by atoms with van der Waals surface area (Å²) in [4.78, 5) is 0.743. The van der Waals surface area contributed by atoms with Gasteiger partial charge in [-0.2, -0.15) is 0 Å². The summed E-state index contributed by atoms with van der Waals surface area (Å²) in [5.41, 5.74) is 0. The minimum absolute atomic E-state index is 0.553. The van der Waals surface area contributed by atoms with E-state index in [1.54, 1.807) is 5.41 Å². The number of aliphatic hydroxyl groups excluding tert-OH is 1. The Hall–Kier alpha value is -0.450. The number of hydrogen-bond acceptors (Lipinski definition) is 2. The minimum atomic E-state index is -1.21. The van der Waals surface area contributed by atoms with Gasteiger partial charge < -0.3 is 5.11 Å². The second-order valence-electron chi connectivity index (χ2n) is 3.77. The summed E-state index contributed by atoms with van der Waals surface area (Å²) in [5.74, 6) is 0. The van der Waals surface area contributed by atoms with Crippen LogP contribution in [0.2, 0.25) is 0 Å². The predicted octanol–water partition coefficient (Wildman–Crippen LogP) is 3.58. The fraction of sp³-hybridized carbons (Fsp3) is 0.385. The Labute approximate surface area is 113 Å². The summed E-state index contributed by atoms with van der Waals surface area (Å²) < 4.78 is 12.5. The number of unbranched alkanes of at least 4 members (excludes halogenated alkanes) is 1. The smallest absolute Gasteiger partial charge is 0.0860 e. The lowest BCUT2D eigenvalue weighted by Gasteiger charge is -2.08. The maximum absolute atomic E-state index is 11.9. The Morgan fingerprint density at radius 3 is 2.71 bits per heavy atom. The lowest BCUT2D eigenvalue weighted by Crippen LogP contribution is -2.06. The van der Waals surface area contributed by atoms with E-state index in [0.29, 0.717) is 10.9 Å². The highest BCUT2D eigenvalue weighted by Gasteiger charge is 2.09. The lowest BCUT2D eigenvalue weighted by molar-refractivity contribution is 0.206. The van der Waals surface area contributed by atoms with Crippen LogP contribution in [0.15, 0.2) is 45.1 Å². The predicted molar refractivity (Wildman–Crippen MR) is 75.4 cm³/mol. The lowest BCUT2D eigenvalue weighted by atomic mass is 10.2. The van der Waals surface area contributed by atoms with Crippen molar-refractivity contribution >= 4 is 26.7 Å². The summed E-state index contributed by atoms with van der Waals surface area (Å²) in [6.07, 6.45) is 2.14. The van der Waals surface area contributed by atoms with Crippen molar-refractivity contribution in [2.24, 2.45) is 0 Å². The number of hydrogen-bond donors (Lipinski definition) is 1. The molecule has 0 heterocycles. The molecule has 0 bridgehead atoms. The molecule has 1 N–H and O–H groups in total. The van der Waals surface area contributed by atoms with Crippen molar-refractivity contribution in [3.63, 3.8) is 0 Å². The molecule has 0 aliphatic carbocycles. The average molecular weight is 317 g/mol. The number of aliphatic hydroxyl groups is 1. The first-order valence-corrected chi connectivity index (χ1v) is 7.66. The van der Waals surface area contributed by atoms with Gasteiger partial charge in [-0.25, -0.2) is 4.21 Å². The van der Waals surface area contributed by atoms with Crippen molar-refractivity contribution in [2.75, 3.05) is 0 Å². The van der Waals surface area contributed by atoms with E-state index < -0.39 is 16.9 Å². The van der Waals surface area contributed by atoms with E-state index in [1.807, 2.05) is 30.3 Å². The molecule has 17 heavy (non-hydrogen) atoms. The summed E-state index contributed by atoms with van der Waals surface area (Å²) >= 11 is 3.29. The second-order valence-corrected chi connectivity index (χ2v) is 5.99. The van der Waals surface area contributed by atoms with E-state index >= 15 is 0 Å². The van der Waals surface area contributed by atoms with Gasteiger partial charge in [0.25, 0.3) is 0 Å². The molecule has 0 fully saturated rings. The van der Waals surface area contributed by atoms with E-state index in [4.69, 9.17) is 0 Å². The van der Waals surface area contributed by atoms with Crippen molar-refractivity contribution in [3.8, 4) is 0 Å². The molecule has 0 aliphatic heterocycles. The van der Waals surface area contributed by atoms with Gasteiger partial charge in [-0.15, -0.1) is 0 Å². The normalized spacial score (nSPS) is 15.6. The third kappa shape index (κ3) is 5.15. The van der Waals surface area contributed by atoms with Gasteiger partial charge in [0.2, 0.25) is 0 Å². The van der Waals surface area contributed by atoms with Gasteiger partial charge in [0, 0.05) is 14.8 Å². The first kappa shape index (κ1) is 14.6. The van der Waals surface area contributed by atoms with Crippen LogP contribution >= 0.6 is 15.9 Å². The Morgan fingerprint density at radius 2 is 2.12 bits per heavy atom. The molecule has 0 aromatic heterocycles. The second kappa shape index (κ2) is 7.80. The van der Waals surface area contributed by atoms with Gasteiger partial charge in [0.15, 0.2) is 0 Å². The molecule has 94 valence electrons. The van der Waals surface area contributed by atoms with Crippen LogP contribution < -0.4 is 0 Å². The van der Waals surface area contributed by atoms with Crippen LogP contribution in [0.1, 0.15) is 26.2 Å². The standard InChI is InChI=1S/C13H17BrO2S/c1-2-3-9-13(15)12(14)10-17(16)11-7-5-4-6-8-11/h4-8,10,13,15H,2-3,9H2,1H3/b12-10+/t13-,17?/m0/s1. The maximum atomic E-state index is 11.9. The Morgan fingerprint density at radius 1 is 1.47 bits per heavy atom. The summed E-state index contributed by atoms with van der Waals surface area (Å²) in [6.45, 7) is 2.08. The highest BCUT2D eigenvalue weighted by atomic mass is 79.9. The SMILES string of the molecule is CCCC[C@H](O)/C(Br)=C\S(=O)c1ccccc1. The van der Waals surface area contributed by atoms with Crippen molar-refractivity contribution in [2.45, 2.75) is 37.2 Å². The van der Waals surface area contributed by atoms with E-state index in [0.717, 1.165) is 17.7 Å². The summed E-state index contributed by atoms with van der Waals surface area (Å²) in [5, 5.41) is 11.4. The van der Waals surface area contributed by atoms with E-state index in [9.17, 15) is 9.32 Å². The average Bonchev–Trinajstić information content (AvgIpc) is 2.36. The van der Waals surface area contributed by atoms with Crippen LogP contribution in [-0.2, 0) is 10.8 Å². The molecule has 0 saturated heterocycles. The zero-order valence-corrected chi connectivity index (χ0v) is 12.2. The zero-order chi connectivity index (χ0) is 12.7. The third-order valence-electron chi connectivity index (χ3n) is 2.34. The van der Waals surface area contributed by atoms with E-state index in [-0.39, 0.29) is 0 Å². The van der Waals surface area contributed by atoms with Gasteiger partial charge in [0.1, 0.15) is 0 Å². The fourth-order valence-electron chi connectivity index (χ4n) is 1.34. The number of halogens is 1. The highest BCUT2D eigenvalue weighted by molar-refractivity contribution is 9.11. The largest absolute Gasteiger partial charge is 0.388 e. The Balaban J connectivity index is 2.65. The monoisotopic (exact) mass is 316 g/mol. The van der Waals surface area contributed by atoms with E-state index in [1.165, 1.54) is 0 Å². The molecule has 0 aliphatic rings. The van der Waals surface area contributed by atoms with Crippen molar-refractivity contribution in [1.29, 1.82) is 0 Å². The number of benzene rings is 1. The van der Waals surface area contributed by atoms with Crippen molar-refractivity contribution < 1.29 is 9.32 Å². The van der Waals surface area contributed by atoms with Gasteiger partial charge in [-0.1, -0.05) is 53.9 Å². The summed E-state index contributed by atoms with van der Waals surface area (Å²) in [7, 11) is -1.21. The molecule has 2 nitrogen and oxygen atoms in total. The van der Waals surface area contributed by atoms with Gasteiger partial charge in [0.05, 0.1) is 16.9 Å². The minimum Gasteiger partial charge on any atom is -0.388 e. The Kier molecular flexibility index (Phi) is 6.70. The number of rotatable bonds is 6. The highest BCUT2D eigenvalue weighted by Crippen LogP contribution is 2.19. The molecule has 1 rings (SSSR count). The molecule has 1 unspecified atom stereocenters. The summed E-state index contributed by atoms with van der Waals surface area (Å²) in [6, 6.07) is 9.21. The molecule has 0 saturated carbocycles. The van der Waals surface area contributed by atoms with E-state index in [2.05, 4.69) is 22.9 Å². The molecule has 0 radical (unpaired) electrons. The van der Waals surface area contributed by atoms with Crippen LogP contribution in [0, 0.1) is 0 Å². The van der Waals surface area contributed by atoms with Crippen LogP contribution in [0.3, 0.4) is 0 Å². The van der Waals surface area contributed by atoms with Crippen LogP contribution in [-0.4, -0.2) is 15.4 Å². The Bertz CT molecular complexity index is 390. The molecule has 2 atom stereocenters. The quantitative estimate of drug-likeness (QED) is 0.871. The van der Waals surface area contributed by atoms with Crippen LogP contribution in [0.5, 0.6) is 0 Å². The molecular formula is C13H17BrO2S. The van der Waals surface area contributed by atoms with Gasteiger partial charge in [-0.05, 0) is 18.6 Å². The molecule has 1 aromatic rings. The van der Waals surface area contributed by atoms with Crippen LogP contribution in [0.25, 0.3) is 0 Å².